The van der Waals surface area contributed by atoms with E-state index in [1.54, 1.807) is 0 Å². The quantitative estimate of drug-likeness (QED) is 0.801. The van der Waals surface area contributed by atoms with Crippen molar-refractivity contribution in [3.05, 3.63) is 83.9 Å². The summed E-state index contributed by atoms with van der Waals surface area (Å²) in [5.74, 6) is -1.93. The molecule has 2 N–H and O–H groups in total. The summed E-state index contributed by atoms with van der Waals surface area (Å²) in [4.78, 5) is 0. The summed E-state index contributed by atoms with van der Waals surface area (Å²) in [5.41, 5.74) is -0.130. The van der Waals surface area contributed by atoms with E-state index in [1.165, 1.54) is 12.1 Å². The molecule has 0 unspecified atom stereocenters. The highest BCUT2D eigenvalue weighted by molar-refractivity contribution is 5.28. The van der Waals surface area contributed by atoms with E-state index in [2.05, 4.69) is 11.9 Å². The summed E-state index contributed by atoms with van der Waals surface area (Å²) in [6, 6.07) is 13.0. The lowest BCUT2D eigenvalue weighted by Crippen LogP contribution is -2.36. The van der Waals surface area contributed by atoms with Gasteiger partial charge >= 0.3 is 0 Å². The van der Waals surface area contributed by atoms with Gasteiger partial charge in [0.25, 0.3) is 0 Å². The number of hydrogen-bond acceptors (Lipinski definition) is 2. The van der Waals surface area contributed by atoms with Crippen LogP contribution in [0.15, 0.2) is 61.2 Å². The number of rotatable bonds is 6. The monoisotopic (exact) mass is 289 g/mol. The van der Waals surface area contributed by atoms with Gasteiger partial charge in [-0.1, -0.05) is 49.1 Å². The standard InChI is InChI=1S/C17H17F2NO/c1-2-17(21,14-8-9-15(18)16(19)10-14)12-20-11-13-6-4-3-5-7-13/h2-10,20-21H,1,11-12H2/t17-/m0/s1. The molecule has 0 heterocycles. The Morgan fingerprint density at radius 2 is 1.81 bits per heavy atom. The molecule has 2 rings (SSSR count). The fourth-order valence-electron chi connectivity index (χ4n) is 2.05. The first-order valence-electron chi connectivity index (χ1n) is 6.61. The molecule has 21 heavy (non-hydrogen) atoms. The van der Waals surface area contributed by atoms with Crippen LogP contribution in [-0.2, 0) is 12.1 Å². The van der Waals surface area contributed by atoms with E-state index in [0.29, 0.717) is 6.54 Å². The number of benzene rings is 2. The highest BCUT2D eigenvalue weighted by atomic mass is 19.2. The van der Waals surface area contributed by atoms with Gasteiger partial charge in [-0.25, -0.2) is 8.78 Å². The first-order chi connectivity index (χ1) is 10.0. The van der Waals surface area contributed by atoms with Crippen LogP contribution in [0.25, 0.3) is 0 Å². The van der Waals surface area contributed by atoms with Crippen LogP contribution in [0, 0.1) is 11.6 Å². The van der Waals surface area contributed by atoms with Gasteiger partial charge in [-0.3, -0.25) is 0 Å². The molecule has 2 nitrogen and oxygen atoms in total. The molecule has 0 aliphatic carbocycles. The van der Waals surface area contributed by atoms with Crippen molar-refractivity contribution < 1.29 is 13.9 Å². The molecule has 0 radical (unpaired) electrons. The molecular formula is C17H17F2NO. The molecule has 0 saturated carbocycles. The van der Waals surface area contributed by atoms with Gasteiger partial charge in [0, 0.05) is 13.1 Å². The molecule has 2 aromatic carbocycles. The van der Waals surface area contributed by atoms with Crippen LogP contribution in [0.4, 0.5) is 8.78 Å². The second-order valence-corrected chi connectivity index (χ2v) is 4.85. The van der Waals surface area contributed by atoms with Crippen LogP contribution in [0.2, 0.25) is 0 Å². The average Bonchev–Trinajstić information content (AvgIpc) is 2.51. The first-order valence-corrected chi connectivity index (χ1v) is 6.61. The molecule has 0 spiro atoms. The van der Waals surface area contributed by atoms with Crippen molar-refractivity contribution >= 4 is 0 Å². The third-order valence-electron chi connectivity index (χ3n) is 3.32. The van der Waals surface area contributed by atoms with Crippen LogP contribution >= 0.6 is 0 Å². The van der Waals surface area contributed by atoms with Crippen molar-refractivity contribution in [3.8, 4) is 0 Å². The maximum Gasteiger partial charge on any atom is 0.159 e. The van der Waals surface area contributed by atoms with E-state index in [9.17, 15) is 13.9 Å². The Kier molecular flexibility index (Phi) is 4.83. The summed E-state index contributed by atoms with van der Waals surface area (Å²) in [5, 5.41) is 13.6. The fraction of sp³-hybridized carbons (Fsp3) is 0.176. The second-order valence-electron chi connectivity index (χ2n) is 4.85. The fourth-order valence-corrected chi connectivity index (χ4v) is 2.05. The summed E-state index contributed by atoms with van der Waals surface area (Å²) in [6.45, 7) is 4.29. The van der Waals surface area contributed by atoms with Gasteiger partial charge in [0.15, 0.2) is 11.6 Å². The summed E-state index contributed by atoms with van der Waals surface area (Å²) in [6.07, 6.45) is 1.32. The Bertz CT molecular complexity index is 615. The van der Waals surface area contributed by atoms with Crippen LogP contribution in [-0.4, -0.2) is 11.7 Å². The number of hydrogen-bond donors (Lipinski definition) is 2. The van der Waals surface area contributed by atoms with E-state index < -0.39 is 17.2 Å². The SMILES string of the molecule is C=C[C@](O)(CNCc1ccccc1)c1ccc(F)c(F)c1. The zero-order chi connectivity index (χ0) is 15.3. The molecule has 0 fully saturated rings. The van der Waals surface area contributed by atoms with Crippen LogP contribution in [0.5, 0.6) is 0 Å². The Balaban J connectivity index is 2.06. The van der Waals surface area contributed by atoms with Crippen molar-refractivity contribution in [1.82, 2.24) is 5.32 Å². The lowest BCUT2D eigenvalue weighted by atomic mass is 9.93. The molecule has 110 valence electrons. The minimum absolute atomic E-state index is 0.149. The topological polar surface area (TPSA) is 32.3 Å². The molecule has 2 aromatic rings. The number of nitrogens with one attached hydrogen (secondary N) is 1. The average molecular weight is 289 g/mol. The molecule has 0 saturated heterocycles. The Morgan fingerprint density at radius 3 is 2.43 bits per heavy atom. The predicted molar refractivity (Wildman–Crippen MR) is 78.6 cm³/mol. The Hall–Kier alpha value is -2.04. The first kappa shape index (κ1) is 15.4. The largest absolute Gasteiger partial charge is 0.380 e. The third kappa shape index (κ3) is 3.74. The summed E-state index contributed by atoms with van der Waals surface area (Å²) in [7, 11) is 0. The maximum absolute atomic E-state index is 13.3. The maximum atomic E-state index is 13.3. The van der Waals surface area contributed by atoms with Crippen LogP contribution < -0.4 is 5.32 Å². The molecule has 4 heteroatoms. The molecule has 0 aliphatic rings. The highest BCUT2D eigenvalue weighted by Crippen LogP contribution is 2.23. The zero-order valence-electron chi connectivity index (χ0n) is 11.5. The van der Waals surface area contributed by atoms with Crippen molar-refractivity contribution in [2.45, 2.75) is 12.1 Å². The van der Waals surface area contributed by atoms with Gasteiger partial charge in [0.1, 0.15) is 5.60 Å². The van der Waals surface area contributed by atoms with Gasteiger partial charge in [-0.2, -0.15) is 0 Å². The molecule has 0 aromatic heterocycles. The van der Waals surface area contributed by atoms with Gasteiger partial charge in [-0.05, 0) is 23.3 Å². The number of halogens is 2. The van der Waals surface area contributed by atoms with Crippen molar-refractivity contribution in [2.75, 3.05) is 6.54 Å². The minimum atomic E-state index is -1.46. The van der Waals surface area contributed by atoms with E-state index >= 15 is 0 Å². The van der Waals surface area contributed by atoms with E-state index in [4.69, 9.17) is 0 Å². The minimum Gasteiger partial charge on any atom is -0.380 e. The highest BCUT2D eigenvalue weighted by Gasteiger charge is 2.26. The van der Waals surface area contributed by atoms with Crippen molar-refractivity contribution in [1.29, 1.82) is 0 Å². The second kappa shape index (κ2) is 6.61. The van der Waals surface area contributed by atoms with E-state index in [0.717, 1.165) is 17.7 Å². The molecule has 0 aliphatic heterocycles. The molecule has 0 bridgehead atoms. The predicted octanol–water partition coefficient (Wildman–Crippen LogP) is 3.13. The summed E-state index contributed by atoms with van der Waals surface area (Å²) >= 11 is 0. The van der Waals surface area contributed by atoms with Gasteiger partial charge in [0.05, 0.1) is 0 Å². The third-order valence-corrected chi connectivity index (χ3v) is 3.32. The van der Waals surface area contributed by atoms with Crippen molar-refractivity contribution in [2.24, 2.45) is 0 Å². The normalized spacial score (nSPS) is 13.7. The molecule has 0 amide bonds. The zero-order valence-corrected chi connectivity index (χ0v) is 11.5. The Labute approximate surface area is 122 Å². The van der Waals surface area contributed by atoms with Gasteiger partial charge < -0.3 is 10.4 Å². The van der Waals surface area contributed by atoms with Crippen LogP contribution in [0.3, 0.4) is 0 Å². The summed E-state index contributed by atoms with van der Waals surface area (Å²) < 4.78 is 26.3. The Morgan fingerprint density at radius 1 is 1.10 bits per heavy atom. The van der Waals surface area contributed by atoms with Gasteiger partial charge in [0.2, 0.25) is 0 Å². The van der Waals surface area contributed by atoms with E-state index in [1.807, 2.05) is 30.3 Å². The van der Waals surface area contributed by atoms with Gasteiger partial charge in [-0.15, -0.1) is 0 Å². The van der Waals surface area contributed by atoms with E-state index in [-0.39, 0.29) is 12.1 Å². The number of aliphatic hydroxyl groups is 1. The van der Waals surface area contributed by atoms with Crippen molar-refractivity contribution in [3.63, 3.8) is 0 Å². The molecular weight excluding hydrogens is 272 g/mol. The smallest absolute Gasteiger partial charge is 0.159 e. The molecule has 1 atom stereocenters. The lowest BCUT2D eigenvalue weighted by molar-refractivity contribution is 0.0880. The lowest BCUT2D eigenvalue weighted by Gasteiger charge is -2.25. The van der Waals surface area contributed by atoms with Crippen LogP contribution in [0.1, 0.15) is 11.1 Å².